The van der Waals surface area contributed by atoms with Crippen LogP contribution < -0.4 is 0 Å². The van der Waals surface area contributed by atoms with Crippen LogP contribution in [-0.2, 0) is 6.42 Å². The minimum atomic E-state index is 0.0668. The van der Waals surface area contributed by atoms with Crippen molar-refractivity contribution in [2.75, 3.05) is 0 Å². The van der Waals surface area contributed by atoms with Gasteiger partial charge >= 0.3 is 0 Å². The third-order valence-corrected chi connectivity index (χ3v) is 6.14. The number of rotatable bonds is 5. The SMILES string of the molecule is Cc1ccc(-c2nccs2)cc1-c1ccc(CC(=O)c2snnc2C)cc1. The first-order valence-electron chi connectivity index (χ1n) is 8.54. The Balaban J connectivity index is 1.58. The van der Waals surface area contributed by atoms with Crippen molar-refractivity contribution in [3.8, 4) is 21.7 Å². The number of carbonyl (C=O) groups excluding carboxylic acids is 1. The third-order valence-electron chi connectivity index (χ3n) is 4.45. The minimum absolute atomic E-state index is 0.0668. The van der Waals surface area contributed by atoms with Crippen LogP contribution in [0.4, 0.5) is 0 Å². The zero-order valence-corrected chi connectivity index (χ0v) is 16.6. The van der Waals surface area contributed by atoms with Gasteiger partial charge in [0.2, 0.25) is 0 Å². The second-order valence-corrected chi connectivity index (χ2v) is 8.00. The zero-order valence-electron chi connectivity index (χ0n) is 15.0. The van der Waals surface area contributed by atoms with Crippen LogP contribution in [0.2, 0.25) is 0 Å². The summed E-state index contributed by atoms with van der Waals surface area (Å²) in [7, 11) is 0. The second kappa shape index (κ2) is 7.50. The first-order chi connectivity index (χ1) is 13.1. The maximum absolute atomic E-state index is 12.4. The van der Waals surface area contributed by atoms with Crippen molar-refractivity contribution >= 4 is 28.7 Å². The van der Waals surface area contributed by atoms with Crippen molar-refractivity contribution in [2.24, 2.45) is 0 Å². The monoisotopic (exact) mass is 391 g/mol. The minimum Gasteiger partial charge on any atom is -0.293 e. The average molecular weight is 392 g/mol. The molecule has 2 aromatic heterocycles. The largest absolute Gasteiger partial charge is 0.293 e. The fourth-order valence-corrected chi connectivity index (χ4v) is 4.21. The van der Waals surface area contributed by atoms with E-state index < -0.39 is 0 Å². The van der Waals surface area contributed by atoms with Crippen molar-refractivity contribution in [3.63, 3.8) is 0 Å². The Kier molecular flexibility index (Phi) is 4.92. The molecule has 0 bridgehead atoms. The number of nitrogens with zero attached hydrogens (tertiary/aromatic N) is 3. The Morgan fingerprint density at radius 3 is 2.48 bits per heavy atom. The van der Waals surface area contributed by atoms with E-state index in [0.29, 0.717) is 17.0 Å². The van der Waals surface area contributed by atoms with Crippen LogP contribution in [0.1, 0.15) is 26.5 Å². The van der Waals surface area contributed by atoms with Crippen molar-refractivity contribution in [1.29, 1.82) is 0 Å². The number of ketones is 1. The molecule has 134 valence electrons. The van der Waals surface area contributed by atoms with Crippen molar-refractivity contribution in [3.05, 3.63) is 75.7 Å². The number of aromatic nitrogens is 3. The van der Waals surface area contributed by atoms with Gasteiger partial charge < -0.3 is 0 Å². The number of hydrogen-bond donors (Lipinski definition) is 0. The molecule has 0 amide bonds. The summed E-state index contributed by atoms with van der Waals surface area (Å²) < 4.78 is 3.84. The summed E-state index contributed by atoms with van der Waals surface area (Å²) in [6, 6.07) is 14.6. The van der Waals surface area contributed by atoms with E-state index in [2.05, 4.69) is 51.8 Å². The summed E-state index contributed by atoms with van der Waals surface area (Å²) in [5.74, 6) is 0.0668. The first kappa shape index (κ1) is 17.7. The molecule has 6 heteroatoms. The van der Waals surface area contributed by atoms with Gasteiger partial charge in [-0.25, -0.2) is 4.98 Å². The molecule has 2 heterocycles. The summed E-state index contributed by atoms with van der Waals surface area (Å²) >= 11 is 2.80. The molecule has 0 atom stereocenters. The highest BCUT2D eigenvalue weighted by Gasteiger charge is 2.14. The Hall–Kier alpha value is -2.70. The summed E-state index contributed by atoms with van der Waals surface area (Å²) in [5.41, 5.74) is 6.35. The predicted molar refractivity (Wildman–Crippen MR) is 110 cm³/mol. The molecule has 0 radical (unpaired) electrons. The molecule has 0 N–H and O–H groups in total. The van der Waals surface area contributed by atoms with Gasteiger partial charge in [0.1, 0.15) is 9.88 Å². The molecule has 4 aromatic rings. The maximum atomic E-state index is 12.4. The highest BCUT2D eigenvalue weighted by Crippen LogP contribution is 2.30. The Labute approximate surface area is 165 Å². The highest BCUT2D eigenvalue weighted by molar-refractivity contribution is 7.13. The first-order valence-corrected chi connectivity index (χ1v) is 10.2. The zero-order chi connectivity index (χ0) is 18.8. The Morgan fingerprint density at radius 2 is 1.81 bits per heavy atom. The van der Waals surface area contributed by atoms with Crippen LogP contribution in [0.5, 0.6) is 0 Å². The maximum Gasteiger partial charge on any atom is 0.180 e. The van der Waals surface area contributed by atoms with Crippen LogP contribution in [0, 0.1) is 13.8 Å². The Morgan fingerprint density at radius 1 is 1.04 bits per heavy atom. The van der Waals surface area contributed by atoms with Crippen LogP contribution in [-0.4, -0.2) is 20.4 Å². The Bertz CT molecular complexity index is 1080. The van der Waals surface area contributed by atoms with Crippen molar-refractivity contribution < 1.29 is 4.79 Å². The van der Waals surface area contributed by atoms with E-state index in [1.54, 1.807) is 11.3 Å². The molecule has 0 aliphatic carbocycles. The van der Waals surface area contributed by atoms with E-state index in [1.807, 2.05) is 30.6 Å². The molecule has 0 saturated carbocycles. The van der Waals surface area contributed by atoms with Gasteiger partial charge in [-0.3, -0.25) is 4.79 Å². The van der Waals surface area contributed by atoms with Crippen LogP contribution >= 0.6 is 22.9 Å². The van der Waals surface area contributed by atoms with Gasteiger partial charge in [0.05, 0.1) is 5.69 Å². The highest BCUT2D eigenvalue weighted by atomic mass is 32.1. The van der Waals surface area contributed by atoms with Gasteiger partial charge in [-0.1, -0.05) is 40.9 Å². The number of benzene rings is 2. The van der Waals surface area contributed by atoms with Crippen LogP contribution in [0.15, 0.2) is 54.0 Å². The number of hydrogen-bond acceptors (Lipinski definition) is 6. The summed E-state index contributed by atoms with van der Waals surface area (Å²) in [4.78, 5) is 17.5. The van der Waals surface area contributed by atoms with Gasteiger partial charge in [0.25, 0.3) is 0 Å². The molecular formula is C21H17N3OS2. The number of aryl methyl sites for hydroxylation is 2. The molecule has 0 fully saturated rings. The summed E-state index contributed by atoms with van der Waals surface area (Å²) in [5, 5.41) is 6.92. The second-order valence-electron chi connectivity index (χ2n) is 6.35. The van der Waals surface area contributed by atoms with E-state index in [0.717, 1.165) is 33.2 Å². The van der Waals surface area contributed by atoms with Crippen molar-refractivity contribution in [1.82, 2.24) is 14.6 Å². The standard InChI is InChI=1S/C21H17N3OS2/c1-13-3-6-17(21-22-9-10-26-21)12-18(13)16-7-4-15(5-8-16)11-19(25)20-14(2)23-24-27-20/h3-10,12H,11H2,1-2H3. The van der Waals surface area contributed by atoms with Gasteiger partial charge in [-0.05, 0) is 53.7 Å². The lowest BCUT2D eigenvalue weighted by molar-refractivity contribution is 0.0996. The molecule has 0 aliphatic rings. The van der Waals surface area contributed by atoms with Gasteiger partial charge in [-0.15, -0.1) is 16.4 Å². The molecule has 4 nitrogen and oxygen atoms in total. The van der Waals surface area contributed by atoms with Crippen LogP contribution in [0.25, 0.3) is 21.7 Å². The fourth-order valence-electron chi connectivity index (χ4n) is 2.99. The lowest BCUT2D eigenvalue weighted by Crippen LogP contribution is -2.03. The summed E-state index contributed by atoms with van der Waals surface area (Å²) in [6.45, 7) is 3.93. The smallest absolute Gasteiger partial charge is 0.180 e. The topological polar surface area (TPSA) is 55.7 Å². The number of Topliss-reactive ketones (excluding diaryl/α,β-unsaturated/α-hetero) is 1. The molecule has 0 aliphatic heterocycles. The van der Waals surface area contributed by atoms with E-state index in [4.69, 9.17) is 0 Å². The molecule has 27 heavy (non-hydrogen) atoms. The summed E-state index contributed by atoms with van der Waals surface area (Å²) in [6.07, 6.45) is 2.19. The third kappa shape index (κ3) is 3.72. The molecule has 0 spiro atoms. The molecule has 2 aromatic carbocycles. The van der Waals surface area contributed by atoms with E-state index in [1.165, 1.54) is 11.1 Å². The molecule has 0 saturated heterocycles. The molecular weight excluding hydrogens is 374 g/mol. The van der Waals surface area contributed by atoms with Gasteiger partial charge in [-0.2, -0.15) is 0 Å². The van der Waals surface area contributed by atoms with Gasteiger partial charge in [0.15, 0.2) is 5.78 Å². The molecule has 4 rings (SSSR count). The lowest BCUT2D eigenvalue weighted by atomic mass is 9.96. The predicted octanol–water partition coefficient (Wildman–Crippen LogP) is 5.37. The molecule has 0 unspecified atom stereocenters. The van der Waals surface area contributed by atoms with E-state index in [-0.39, 0.29) is 5.78 Å². The number of carbonyl (C=O) groups is 1. The van der Waals surface area contributed by atoms with E-state index >= 15 is 0 Å². The van der Waals surface area contributed by atoms with Crippen molar-refractivity contribution in [2.45, 2.75) is 20.3 Å². The van der Waals surface area contributed by atoms with E-state index in [9.17, 15) is 4.79 Å². The fraction of sp³-hybridized carbons (Fsp3) is 0.143. The quantitative estimate of drug-likeness (QED) is 0.429. The normalized spacial score (nSPS) is 10.9. The lowest BCUT2D eigenvalue weighted by Gasteiger charge is -2.09. The van der Waals surface area contributed by atoms with Gasteiger partial charge in [0, 0.05) is 23.6 Å². The average Bonchev–Trinajstić information content (AvgIpc) is 3.35. The van der Waals surface area contributed by atoms with Crippen LogP contribution in [0.3, 0.4) is 0 Å². The number of thiazole rings is 1.